The molecule has 18 heavy (non-hydrogen) atoms. The van der Waals surface area contributed by atoms with Crippen LogP contribution in [0, 0.1) is 0 Å². The fraction of sp³-hybridized carbons (Fsp3) is 0.364. The van der Waals surface area contributed by atoms with E-state index in [1.54, 1.807) is 0 Å². The minimum Gasteiger partial charge on any atom is -0.384 e. The van der Waals surface area contributed by atoms with Gasteiger partial charge in [0.2, 0.25) is 5.91 Å². The number of anilines is 1. The minimum absolute atomic E-state index is 0.0489. The average molecular weight is 282 g/mol. The zero-order valence-corrected chi connectivity index (χ0v) is 10.2. The zero-order chi connectivity index (χ0) is 13.8. The van der Waals surface area contributed by atoms with Gasteiger partial charge in [0.15, 0.2) is 0 Å². The molecule has 100 valence electrons. The second-order valence-electron chi connectivity index (χ2n) is 3.48. The molecule has 0 radical (unpaired) electrons. The standard InChI is InChI=1S/C11H11ClF3NO2/c1-18-5-4-10(17)16-7-2-3-9(12)8(6-7)11(13,14)15/h2-3,6H,4-5H2,1H3,(H,16,17). The van der Waals surface area contributed by atoms with Gasteiger partial charge in [0, 0.05) is 12.8 Å². The number of carbonyl (C=O) groups is 1. The molecule has 1 aromatic rings. The molecule has 0 bridgehead atoms. The maximum atomic E-state index is 12.6. The van der Waals surface area contributed by atoms with Gasteiger partial charge in [-0.15, -0.1) is 0 Å². The predicted molar refractivity (Wildman–Crippen MR) is 61.6 cm³/mol. The Morgan fingerprint density at radius 3 is 2.67 bits per heavy atom. The van der Waals surface area contributed by atoms with Gasteiger partial charge >= 0.3 is 6.18 Å². The number of hydrogen-bond donors (Lipinski definition) is 1. The third-order valence-electron chi connectivity index (χ3n) is 2.09. The first-order chi connectivity index (χ1) is 8.34. The second-order valence-corrected chi connectivity index (χ2v) is 3.89. The molecule has 0 aliphatic carbocycles. The van der Waals surface area contributed by atoms with Crippen LogP contribution in [-0.2, 0) is 15.7 Å². The van der Waals surface area contributed by atoms with Crippen LogP contribution in [0.1, 0.15) is 12.0 Å². The number of nitrogens with one attached hydrogen (secondary N) is 1. The summed E-state index contributed by atoms with van der Waals surface area (Å²) in [5, 5.41) is 1.93. The highest BCUT2D eigenvalue weighted by atomic mass is 35.5. The van der Waals surface area contributed by atoms with Gasteiger partial charge in [-0.05, 0) is 18.2 Å². The number of ether oxygens (including phenoxy) is 1. The summed E-state index contributed by atoms with van der Waals surface area (Å²) in [5.41, 5.74) is -0.929. The summed E-state index contributed by atoms with van der Waals surface area (Å²) in [6.45, 7) is 0.200. The number of hydrogen-bond acceptors (Lipinski definition) is 2. The summed E-state index contributed by atoms with van der Waals surface area (Å²) >= 11 is 5.45. The summed E-state index contributed by atoms with van der Waals surface area (Å²) in [4.78, 5) is 11.3. The molecule has 1 amide bonds. The molecule has 1 rings (SSSR count). The SMILES string of the molecule is COCCC(=O)Nc1ccc(Cl)c(C(F)(F)F)c1. The van der Waals surface area contributed by atoms with E-state index in [4.69, 9.17) is 11.6 Å². The maximum Gasteiger partial charge on any atom is 0.417 e. The van der Waals surface area contributed by atoms with Crippen molar-refractivity contribution in [2.45, 2.75) is 12.6 Å². The van der Waals surface area contributed by atoms with Crippen LogP contribution in [0.4, 0.5) is 18.9 Å². The highest BCUT2D eigenvalue weighted by molar-refractivity contribution is 6.31. The summed E-state index contributed by atoms with van der Waals surface area (Å²) in [6.07, 6.45) is -4.48. The van der Waals surface area contributed by atoms with E-state index in [0.29, 0.717) is 0 Å². The lowest BCUT2D eigenvalue weighted by molar-refractivity contribution is -0.137. The molecule has 7 heteroatoms. The van der Waals surface area contributed by atoms with Crippen molar-refractivity contribution >= 4 is 23.2 Å². The Balaban J connectivity index is 2.83. The van der Waals surface area contributed by atoms with E-state index in [0.717, 1.165) is 12.1 Å². The van der Waals surface area contributed by atoms with E-state index >= 15 is 0 Å². The fourth-order valence-electron chi connectivity index (χ4n) is 1.24. The molecule has 1 aromatic carbocycles. The van der Waals surface area contributed by atoms with Crippen molar-refractivity contribution in [2.24, 2.45) is 0 Å². The predicted octanol–water partition coefficient (Wildman–Crippen LogP) is 3.33. The van der Waals surface area contributed by atoms with E-state index in [9.17, 15) is 18.0 Å². The quantitative estimate of drug-likeness (QED) is 0.919. The van der Waals surface area contributed by atoms with Gasteiger partial charge in [-0.1, -0.05) is 11.6 Å². The van der Waals surface area contributed by atoms with Gasteiger partial charge in [0.05, 0.1) is 23.6 Å². The van der Waals surface area contributed by atoms with E-state index in [2.05, 4.69) is 10.1 Å². The lowest BCUT2D eigenvalue weighted by atomic mass is 10.2. The number of halogens is 4. The van der Waals surface area contributed by atoms with Crippen molar-refractivity contribution < 1.29 is 22.7 Å². The van der Waals surface area contributed by atoms with Crippen molar-refractivity contribution in [1.82, 2.24) is 0 Å². The Bertz CT molecular complexity index is 435. The Morgan fingerprint density at radius 2 is 2.11 bits per heavy atom. The molecule has 0 spiro atoms. The molecule has 0 aliphatic rings. The molecule has 0 aliphatic heterocycles. The fourth-order valence-corrected chi connectivity index (χ4v) is 1.46. The number of methoxy groups -OCH3 is 1. The van der Waals surface area contributed by atoms with Gasteiger partial charge in [0.1, 0.15) is 0 Å². The number of carbonyl (C=O) groups excluding carboxylic acids is 1. The molecule has 0 heterocycles. The summed E-state index contributed by atoms with van der Waals surface area (Å²) in [6, 6.07) is 3.20. The normalized spacial score (nSPS) is 11.4. The van der Waals surface area contributed by atoms with Crippen LogP contribution in [0.5, 0.6) is 0 Å². The number of alkyl halides is 3. The Hall–Kier alpha value is -1.27. The van der Waals surface area contributed by atoms with E-state index in [-0.39, 0.29) is 18.7 Å². The third kappa shape index (κ3) is 4.19. The molecule has 0 aromatic heterocycles. The summed E-state index contributed by atoms with van der Waals surface area (Å²) in [5.74, 6) is -0.424. The average Bonchev–Trinajstić information content (AvgIpc) is 2.27. The number of amides is 1. The van der Waals surface area contributed by atoms with Gasteiger partial charge in [-0.2, -0.15) is 13.2 Å². The lowest BCUT2D eigenvalue weighted by Crippen LogP contribution is -2.14. The zero-order valence-electron chi connectivity index (χ0n) is 9.47. The van der Waals surface area contributed by atoms with Crippen molar-refractivity contribution in [3.8, 4) is 0 Å². The van der Waals surface area contributed by atoms with Crippen LogP contribution >= 0.6 is 11.6 Å². The molecule has 0 saturated carbocycles. The van der Waals surface area contributed by atoms with Crippen LogP contribution in [-0.4, -0.2) is 19.6 Å². The monoisotopic (exact) mass is 281 g/mol. The Morgan fingerprint density at radius 1 is 1.44 bits per heavy atom. The lowest BCUT2D eigenvalue weighted by Gasteiger charge is -2.11. The first-order valence-corrected chi connectivity index (χ1v) is 5.38. The second kappa shape index (κ2) is 6.06. The van der Waals surface area contributed by atoms with Crippen LogP contribution in [0.15, 0.2) is 18.2 Å². The van der Waals surface area contributed by atoms with Crippen LogP contribution in [0.25, 0.3) is 0 Å². The molecule has 3 nitrogen and oxygen atoms in total. The molecule has 0 fully saturated rings. The molecule has 0 atom stereocenters. The highest BCUT2D eigenvalue weighted by Gasteiger charge is 2.33. The van der Waals surface area contributed by atoms with Gasteiger partial charge in [-0.3, -0.25) is 4.79 Å². The maximum absolute atomic E-state index is 12.6. The Labute approximate surface area is 107 Å². The highest BCUT2D eigenvalue weighted by Crippen LogP contribution is 2.36. The largest absolute Gasteiger partial charge is 0.417 e. The molecule has 0 saturated heterocycles. The molecular weight excluding hydrogens is 271 g/mol. The summed E-state index contributed by atoms with van der Waals surface area (Å²) in [7, 11) is 1.43. The smallest absolute Gasteiger partial charge is 0.384 e. The van der Waals surface area contributed by atoms with Crippen LogP contribution in [0.2, 0.25) is 5.02 Å². The van der Waals surface area contributed by atoms with Crippen molar-refractivity contribution in [2.75, 3.05) is 19.0 Å². The molecule has 0 unspecified atom stereocenters. The molecule has 1 N–H and O–H groups in total. The van der Waals surface area contributed by atoms with E-state index in [1.807, 2.05) is 0 Å². The third-order valence-corrected chi connectivity index (χ3v) is 2.42. The Kier molecular flexibility index (Phi) is 4.98. The minimum atomic E-state index is -4.55. The van der Waals surface area contributed by atoms with Crippen LogP contribution in [0.3, 0.4) is 0 Å². The van der Waals surface area contributed by atoms with Gasteiger partial charge in [0.25, 0.3) is 0 Å². The van der Waals surface area contributed by atoms with Gasteiger partial charge in [-0.25, -0.2) is 0 Å². The van der Waals surface area contributed by atoms with Crippen LogP contribution < -0.4 is 5.32 Å². The first kappa shape index (κ1) is 14.8. The first-order valence-electron chi connectivity index (χ1n) is 5.00. The number of rotatable bonds is 4. The van der Waals surface area contributed by atoms with Crippen molar-refractivity contribution in [1.29, 1.82) is 0 Å². The number of benzene rings is 1. The summed E-state index contributed by atoms with van der Waals surface area (Å²) < 4.78 is 42.3. The van der Waals surface area contributed by atoms with Gasteiger partial charge < -0.3 is 10.1 Å². The van der Waals surface area contributed by atoms with E-state index < -0.39 is 22.7 Å². The topological polar surface area (TPSA) is 38.3 Å². The van der Waals surface area contributed by atoms with Crippen molar-refractivity contribution in [3.63, 3.8) is 0 Å². The van der Waals surface area contributed by atoms with E-state index in [1.165, 1.54) is 13.2 Å². The van der Waals surface area contributed by atoms with Crippen molar-refractivity contribution in [3.05, 3.63) is 28.8 Å². The molecular formula is C11H11ClF3NO2.